The molecule has 0 saturated heterocycles. The maximum atomic E-state index is 13.7. The maximum absolute atomic E-state index is 13.7. The molecular formula is C25H36N2O. The Hall–Kier alpha value is -1.35. The molecular weight excluding hydrogens is 344 g/mol. The molecule has 5 fully saturated rings. The highest BCUT2D eigenvalue weighted by atomic mass is 16.2. The molecule has 6 rings (SSSR count). The maximum Gasteiger partial charge on any atom is 0.226 e. The molecule has 5 aliphatic rings. The molecule has 152 valence electrons. The van der Waals surface area contributed by atoms with E-state index >= 15 is 0 Å². The first-order valence-corrected chi connectivity index (χ1v) is 11.5. The molecule has 1 aromatic rings. The number of carbonyl (C=O) groups excluding carboxylic acids is 1. The van der Waals surface area contributed by atoms with Gasteiger partial charge in [0.15, 0.2) is 0 Å². The lowest BCUT2D eigenvalue weighted by Crippen LogP contribution is -2.64. The van der Waals surface area contributed by atoms with E-state index in [-0.39, 0.29) is 10.8 Å². The minimum Gasteiger partial charge on any atom is -0.353 e. The SMILES string of the molecule is CC1(C)C2CC3(C(=O)N[C@H]4CC[C@H](N)CC4)CC1CC(c1ccccc1)(C2)C3. The van der Waals surface area contributed by atoms with Gasteiger partial charge in [-0.1, -0.05) is 44.2 Å². The van der Waals surface area contributed by atoms with E-state index in [2.05, 4.69) is 49.5 Å². The third-order valence-electron chi connectivity index (χ3n) is 9.30. The van der Waals surface area contributed by atoms with E-state index in [0.29, 0.717) is 35.2 Å². The van der Waals surface area contributed by atoms with Crippen LogP contribution in [0.3, 0.4) is 0 Å². The molecule has 0 spiro atoms. The van der Waals surface area contributed by atoms with Crippen molar-refractivity contribution in [2.45, 2.75) is 89.1 Å². The number of carbonyl (C=O) groups is 1. The summed E-state index contributed by atoms with van der Waals surface area (Å²) in [6.07, 6.45) is 9.92. The van der Waals surface area contributed by atoms with Gasteiger partial charge < -0.3 is 11.1 Å². The van der Waals surface area contributed by atoms with E-state index in [1.165, 1.54) is 18.4 Å². The second kappa shape index (κ2) is 6.32. The molecule has 28 heavy (non-hydrogen) atoms. The lowest BCUT2D eigenvalue weighted by molar-refractivity contribution is -0.172. The van der Waals surface area contributed by atoms with Crippen LogP contribution < -0.4 is 11.1 Å². The Kier molecular flexibility index (Phi) is 4.21. The highest BCUT2D eigenvalue weighted by molar-refractivity contribution is 5.84. The fourth-order valence-electron chi connectivity index (χ4n) is 7.52. The third kappa shape index (κ3) is 2.76. The van der Waals surface area contributed by atoms with Crippen molar-refractivity contribution in [3.8, 4) is 0 Å². The zero-order valence-electron chi connectivity index (χ0n) is 17.5. The summed E-state index contributed by atoms with van der Waals surface area (Å²) in [4.78, 5) is 13.7. The predicted molar refractivity (Wildman–Crippen MR) is 113 cm³/mol. The van der Waals surface area contributed by atoms with Crippen molar-refractivity contribution in [2.75, 3.05) is 0 Å². The van der Waals surface area contributed by atoms with Gasteiger partial charge in [0.05, 0.1) is 5.41 Å². The highest BCUT2D eigenvalue weighted by Gasteiger charge is 2.66. The molecule has 1 aromatic carbocycles. The standard InChI is InChI=1S/C25H36N2O/c1-23(2)18-12-24(17-6-4-3-5-7-17)13-19(23)15-25(14-18,16-24)22(28)27-21-10-8-20(26)9-11-21/h3-7,18-21H,8-16,26H2,1-2H3,(H,27,28)/t18?,19?,20-,21-,24?,25?. The molecule has 1 amide bonds. The zero-order valence-corrected chi connectivity index (χ0v) is 17.5. The molecule has 2 atom stereocenters. The van der Waals surface area contributed by atoms with Gasteiger partial charge in [-0.2, -0.15) is 0 Å². The molecule has 0 heterocycles. The van der Waals surface area contributed by atoms with Crippen molar-refractivity contribution in [1.29, 1.82) is 0 Å². The molecule has 3 N–H and O–H groups in total. The summed E-state index contributed by atoms with van der Waals surface area (Å²) in [6, 6.07) is 11.8. The Bertz CT molecular complexity index is 729. The van der Waals surface area contributed by atoms with Crippen LogP contribution in [-0.2, 0) is 10.2 Å². The van der Waals surface area contributed by atoms with Gasteiger partial charge in [0.25, 0.3) is 0 Å². The first kappa shape index (κ1) is 18.7. The second-order valence-electron chi connectivity index (χ2n) is 11.2. The van der Waals surface area contributed by atoms with Gasteiger partial charge in [0.1, 0.15) is 0 Å². The number of rotatable bonds is 3. The van der Waals surface area contributed by atoms with Crippen LogP contribution in [0, 0.1) is 22.7 Å². The molecule has 5 aliphatic carbocycles. The van der Waals surface area contributed by atoms with Crippen LogP contribution in [0.1, 0.15) is 77.2 Å². The fourth-order valence-corrected chi connectivity index (χ4v) is 7.52. The van der Waals surface area contributed by atoms with Gasteiger partial charge in [-0.05, 0) is 86.0 Å². The number of amides is 1. The summed E-state index contributed by atoms with van der Waals surface area (Å²) in [6.45, 7) is 4.93. The van der Waals surface area contributed by atoms with Crippen LogP contribution in [0.2, 0.25) is 0 Å². The average Bonchev–Trinajstić information content (AvgIpc) is 2.68. The Morgan fingerprint density at radius 3 is 2.18 bits per heavy atom. The Morgan fingerprint density at radius 1 is 0.964 bits per heavy atom. The molecule has 0 radical (unpaired) electrons. The fraction of sp³-hybridized carbons (Fsp3) is 0.720. The van der Waals surface area contributed by atoms with Crippen molar-refractivity contribution >= 4 is 5.91 Å². The first-order chi connectivity index (χ1) is 13.3. The van der Waals surface area contributed by atoms with E-state index in [9.17, 15) is 4.79 Å². The Morgan fingerprint density at radius 2 is 1.57 bits per heavy atom. The van der Waals surface area contributed by atoms with Gasteiger partial charge in [0, 0.05) is 12.1 Å². The van der Waals surface area contributed by atoms with Crippen molar-refractivity contribution in [3.05, 3.63) is 35.9 Å². The average molecular weight is 381 g/mol. The molecule has 0 aromatic heterocycles. The van der Waals surface area contributed by atoms with Gasteiger partial charge >= 0.3 is 0 Å². The monoisotopic (exact) mass is 380 g/mol. The van der Waals surface area contributed by atoms with Crippen molar-refractivity contribution in [3.63, 3.8) is 0 Å². The Balaban J connectivity index is 1.44. The first-order valence-electron chi connectivity index (χ1n) is 11.5. The largest absolute Gasteiger partial charge is 0.353 e. The van der Waals surface area contributed by atoms with Gasteiger partial charge in [-0.3, -0.25) is 4.79 Å². The third-order valence-corrected chi connectivity index (χ3v) is 9.30. The summed E-state index contributed by atoms with van der Waals surface area (Å²) < 4.78 is 0. The summed E-state index contributed by atoms with van der Waals surface area (Å²) in [5.74, 6) is 1.66. The van der Waals surface area contributed by atoms with Crippen LogP contribution in [0.5, 0.6) is 0 Å². The van der Waals surface area contributed by atoms with Crippen LogP contribution in [0.4, 0.5) is 0 Å². The van der Waals surface area contributed by atoms with E-state index in [4.69, 9.17) is 5.73 Å². The second-order valence-corrected chi connectivity index (χ2v) is 11.2. The zero-order chi connectivity index (χ0) is 19.6. The van der Waals surface area contributed by atoms with Crippen LogP contribution in [0.25, 0.3) is 0 Å². The summed E-state index contributed by atoms with van der Waals surface area (Å²) >= 11 is 0. The van der Waals surface area contributed by atoms with Crippen molar-refractivity contribution < 1.29 is 4.79 Å². The highest BCUT2D eigenvalue weighted by Crippen LogP contribution is 2.71. The summed E-state index contributed by atoms with van der Waals surface area (Å²) in [5, 5.41) is 3.50. The van der Waals surface area contributed by atoms with Gasteiger partial charge in [0.2, 0.25) is 5.91 Å². The van der Waals surface area contributed by atoms with E-state index in [1.54, 1.807) is 0 Å². The lowest BCUT2D eigenvalue weighted by atomic mass is 9.36. The number of benzene rings is 1. The van der Waals surface area contributed by atoms with Crippen LogP contribution in [0.15, 0.2) is 30.3 Å². The minimum absolute atomic E-state index is 0.156. The van der Waals surface area contributed by atoms with Crippen molar-refractivity contribution in [2.24, 2.45) is 28.4 Å². The van der Waals surface area contributed by atoms with Crippen LogP contribution in [-0.4, -0.2) is 18.0 Å². The Labute approximate surface area is 169 Å². The summed E-state index contributed by atoms with van der Waals surface area (Å²) in [5.41, 5.74) is 7.95. The smallest absolute Gasteiger partial charge is 0.226 e. The normalized spacial score (nSPS) is 43.7. The van der Waals surface area contributed by atoms with E-state index < -0.39 is 0 Å². The number of hydrogen-bond acceptors (Lipinski definition) is 2. The van der Waals surface area contributed by atoms with Gasteiger partial charge in [-0.25, -0.2) is 0 Å². The van der Waals surface area contributed by atoms with Crippen molar-refractivity contribution in [1.82, 2.24) is 5.32 Å². The van der Waals surface area contributed by atoms with E-state index in [0.717, 1.165) is 44.9 Å². The molecule has 2 unspecified atom stereocenters. The topological polar surface area (TPSA) is 55.1 Å². The number of nitrogens with two attached hydrogens (primary N) is 1. The van der Waals surface area contributed by atoms with Gasteiger partial charge in [-0.15, -0.1) is 0 Å². The number of nitrogens with one attached hydrogen (secondary N) is 1. The predicted octanol–water partition coefficient (Wildman–Crippen LogP) is 4.55. The molecule has 0 aliphatic heterocycles. The molecule has 4 bridgehead atoms. The quantitative estimate of drug-likeness (QED) is 0.808. The van der Waals surface area contributed by atoms with Crippen LogP contribution >= 0.6 is 0 Å². The number of hydrogen-bond donors (Lipinski definition) is 2. The lowest BCUT2D eigenvalue weighted by Gasteiger charge is -2.67. The molecule has 3 nitrogen and oxygen atoms in total. The molecule has 3 heteroatoms. The van der Waals surface area contributed by atoms with E-state index in [1.807, 2.05) is 0 Å². The summed E-state index contributed by atoms with van der Waals surface area (Å²) in [7, 11) is 0. The minimum atomic E-state index is -0.156. The molecule has 5 saturated carbocycles.